The van der Waals surface area contributed by atoms with Crippen LogP contribution in [0.1, 0.15) is 13.8 Å². The second kappa shape index (κ2) is 2.58. The summed E-state index contributed by atoms with van der Waals surface area (Å²) in [5.41, 5.74) is 0. The molecule has 0 amide bonds. The van der Waals surface area contributed by atoms with Crippen molar-refractivity contribution in [2.75, 3.05) is 0 Å². The molecule has 1 aromatic rings. The van der Waals surface area contributed by atoms with Gasteiger partial charge in [-0.15, -0.1) is 0 Å². The molecule has 0 atom stereocenters. The SMILES string of the molecule is CC(C)Oc1ccc[nH]1. The molecule has 50 valence electrons. The van der Waals surface area contributed by atoms with E-state index in [1.54, 1.807) is 0 Å². The molecular formula is C7H11NO. The van der Waals surface area contributed by atoms with E-state index in [2.05, 4.69) is 4.98 Å². The van der Waals surface area contributed by atoms with Crippen molar-refractivity contribution in [3.8, 4) is 5.88 Å². The van der Waals surface area contributed by atoms with Crippen LogP contribution < -0.4 is 4.74 Å². The van der Waals surface area contributed by atoms with E-state index in [1.165, 1.54) is 0 Å². The van der Waals surface area contributed by atoms with Crippen LogP contribution in [0.2, 0.25) is 0 Å². The summed E-state index contributed by atoms with van der Waals surface area (Å²) in [6.45, 7) is 4.00. The zero-order valence-electron chi connectivity index (χ0n) is 5.72. The van der Waals surface area contributed by atoms with Crippen LogP contribution >= 0.6 is 0 Å². The highest BCUT2D eigenvalue weighted by atomic mass is 16.5. The van der Waals surface area contributed by atoms with E-state index in [1.807, 2.05) is 32.2 Å². The summed E-state index contributed by atoms with van der Waals surface area (Å²) in [6, 6.07) is 3.82. The van der Waals surface area contributed by atoms with Crippen molar-refractivity contribution in [1.29, 1.82) is 0 Å². The Morgan fingerprint density at radius 1 is 1.56 bits per heavy atom. The van der Waals surface area contributed by atoms with Crippen molar-refractivity contribution >= 4 is 0 Å². The molecule has 0 unspecified atom stereocenters. The van der Waals surface area contributed by atoms with Gasteiger partial charge in [0.25, 0.3) is 0 Å². The van der Waals surface area contributed by atoms with Gasteiger partial charge >= 0.3 is 0 Å². The molecular weight excluding hydrogens is 114 g/mol. The molecule has 0 saturated heterocycles. The van der Waals surface area contributed by atoms with Gasteiger partial charge in [-0.05, 0) is 26.0 Å². The summed E-state index contributed by atoms with van der Waals surface area (Å²) in [5, 5.41) is 0. The minimum Gasteiger partial charge on any atom is -0.476 e. The average Bonchev–Trinajstić information content (AvgIpc) is 2.15. The van der Waals surface area contributed by atoms with Gasteiger partial charge in [-0.1, -0.05) is 0 Å². The summed E-state index contributed by atoms with van der Waals surface area (Å²) in [5.74, 6) is 0.838. The van der Waals surface area contributed by atoms with Crippen LogP contribution in [0, 0.1) is 0 Å². The van der Waals surface area contributed by atoms with Crippen molar-refractivity contribution in [1.82, 2.24) is 4.98 Å². The van der Waals surface area contributed by atoms with Gasteiger partial charge in [-0.25, -0.2) is 0 Å². The van der Waals surface area contributed by atoms with Crippen molar-refractivity contribution in [2.45, 2.75) is 20.0 Å². The molecule has 1 aromatic heterocycles. The highest BCUT2D eigenvalue weighted by Gasteiger charge is 1.94. The summed E-state index contributed by atoms with van der Waals surface area (Å²) in [6.07, 6.45) is 2.10. The minimum absolute atomic E-state index is 0.253. The molecule has 1 heterocycles. The third-order valence-corrected chi connectivity index (χ3v) is 0.932. The molecule has 9 heavy (non-hydrogen) atoms. The van der Waals surface area contributed by atoms with Gasteiger partial charge in [0.15, 0.2) is 5.88 Å². The largest absolute Gasteiger partial charge is 0.476 e. The molecule has 2 heteroatoms. The summed E-state index contributed by atoms with van der Waals surface area (Å²) in [7, 11) is 0. The molecule has 0 spiro atoms. The van der Waals surface area contributed by atoms with Gasteiger partial charge in [0, 0.05) is 6.20 Å². The number of ether oxygens (including phenoxy) is 1. The number of aromatic nitrogens is 1. The third kappa shape index (κ3) is 1.80. The quantitative estimate of drug-likeness (QED) is 0.640. The van der Waals surface area contributed by atoms with E-state index >= 15 is 0 Å². The van der Waals surface area contributed by atoms with E-state index in [4.69, 9.17) is 4.74 Å². The predicted octanol–water partition coefficient (Wildman–Crippen LogP) is 1.80. The van der Waals surface area contributed by atoms with E-state index in [-0.39, 0.29) is 6.10 Å². The lowest BCUT2D eigenvalue weighted by Gasteiger charge is -2.05. The zero-order chi connectivity index (χ0) is 6.69. The maximum absolute atomic E-state index is 5.30. The molecule has 0 saturated carbocycles. The van der Waals surface area contributed by atoms with Gasteiger partial charge in [0.1, 0.15) is 0 Å². The maximum Gasteiger partial charge on any atom is 0.190 e. The van der Waals surface area contributed by atoms with Crippen molar-refractivity contribution in [3.63, 3.8) is 0 Å². The van der Waals surface area contributed by atoms with Crippen LogP contribution in [-0.4, -0.2) is 11.1 Å². The molecule has 0 fully saturated rings. The van der Waals surface area contributed by atoms with E-state index in [0.717, 1.165) is 5.88 Å². The maximum atomic E-state index is 5.30. The van der Waals surface area contributed by atoms with Gasteiger partial charge in [0.2, 0.25) is 0 Å². The van der Waals surface area contributed by atoms with E-state index in [0.29, 0.717) is 0 Å². The molecule has 0 radical (unpaired) electrons. The number of hydrogen-bond donors (Lipinski definition) is 1. The highest BCUT2D eigenvalue weighted by Crippen LogP contribution is 2.06. The average molecular weight is 125 g/mol. The Morgan fingerprint density at radius 2 is 2.33 bits per heavy atom. The van der Waals surface area contributed by atoms with Gasteiger partial charge in [0.05, 0.1) is 6.10 Å². The van der Waals surface area contributed by atoms with Crippen LogP contribution in [0.25, 0.3) is 0 Å². The molecule has 0 aliphatic rings. The number of nitrogens with one attached hydrogen (secondary N) is 1. The first-order valence-electron chi connectivity index (χ1n) is 3.09. The Labute approximate surface area is 54.8 Å². The zero-order valence-corrected chi connectivity index (χ0v) is 5.72. The Hall–Kier alpha value is -0.920. The lowest BCUT2D eigenvalue weighted by molar-refractivity contribution is 0.234. The Balaban J connectivity index is 2.48. The van der Waals surface area contributed by atoms with Crippen LogP contribution in [0.5, 0.6) is 5.88 Å². The second-order valence-corrected chi connectivity index (χ2v) is 2.20. The summed E-state index contributed by atoms with van der Waals surface area (Å²) in [4.78, 5) is 2.95. The fourth-order valence-corrected chi connectivity index (χ4v) is 0.641. The topological polar surface area (TPSA) is 25.0 Å². The number of rotatable bonds is 2. The van der Waals surface area contributed by atoms with Gasteiger partial charge in [-0.3, -0.25) is 0 Å². The highest BCUT2D eigenvalue weighted by molar-refractivity contribution is 5.09. The third-order valence-electron chi connectivity index (χ3n) is 0.932. The van der Waals surface area contributed by atoms with Crippen molar-refractivity contribution in [2.24, 2.45) is 0 Å². The second-order valence-electron chi connectivity index (χ2n) is 2.20. The monoisotopic (exact) mass is 125 g/mol. The molecule has 2 nitrogen and oxygen atoms in total. The Kier molecular flexibility index (Phi) is 1.78. The van der Waals surface area contributed by atoms with Gasteiger partial charge in [-0.2, -0.15) is 0 Å². The number of aromatic amines is 1. The van der Waals surface area contributed by atoms with Crippen LogP contribution in [0.15, 0.2) is 18.3 Å². The predicted molar refractivity (Wildman–Crippen MR) is 36.6 cm³/mol. The Morgan fingerprint density at radius 3 is 2.78 bits per heavy atom. The van der Waals surface area contributed by atoms with E-state index in [9.17, 15) is 0 Å². The minimum atomic E-state index is 0.253. The van der Waals surface area contributed by atoms with Gasteiger partial charge < -0.3 is 9.72 Å². The standard InChI is InChI=1S/C7H11NO/c1-6(2)9-7-4-3-5-8-7/h3-6,8H,1-2H3. The molecule has 1 rings (SSSR count). The summed E-state index contributed by atoms with van der Waals surface area (Å²) < 4.78 is 5.30. The molecule has 0 aromatic carbocycles. The first-order valence-corrected chi connectivity index (χ1v) is 3.09. The van der Waals surface area contributed by atoms with Crippen LogP contribution in [-0.2, 0) is 0 Å². The Bertz CT molecular complexity index is 155. The lowest BCUT2D eigenvalue weighted by Crippen LogP contribution is -2.05. The molecule has 0 aliphatic heterocycles. The van der Waals surface area contributed by atoms with E-state index < -0.39 is 0 Å². The normalized spacial score (nSPS) is 10.1. The van der Waals surface area contributed by atoms with Crippen molar-refractivity contribution < 1.29 is 4.74 Å². The fourth-order valence-electron chi connectivity index (χ4n) is 0.641. The lowest BCUT2D eigenvalue weighted by atomic mass is 10.5. The smallest absolute Gasteiger partial charge is 0.190 e. The van der Waals surface area contributed by atoms with Crippen molar-refractivity contribution in [3.05, 3.63) is 18.3 Å². The van der Waals surface area contributed by atoms with Crippen LogP contribution in [0.4, 0.5) is 0 Å². The first-order chi connectivity index (χ1) is 4.29. The molecule has 0 bridgehead atoms. The molecule has 1 N–H and O–H groups in total. The molecule has 0 aliphatic carbocycles. The number of H-pyrrole nitrogens is 1. The fraction of sp³-hybridized carbons (Fsp3) is 0.429. The first kappa shape index (κ1) is 6.20. The number of hydrogen-bond acceptors (Lipinski definition) is 1. The van der Waals surface area contributed by atoms with Crippen LogP contribution in [0.3, 0.4) is 0 Å². The summed E-state index contributed by atoms with van der Waals surface area (Å²) >= 11 is 0.